The Kier molecular flexibility index (Phi) is 3.89. The fraction of sp³-hybridized carbons (Fsp3) is 0.429. The minimum absolute atomic E-state index is 0.0795. The van der Waals surface area contributed by atoms with Crippen molar-refractivity contribution in [1.82, 2.24) is 5.32 Å². The van der Waals surface area contributed by atoms with E-state index in [1.165, 1.54) is 30.5 Å². The molecule has 0 saturated heterocycles. The highest BCUT2D eigenvalue weighted by molar-refractivity contribution is 5.53. The monoisotopic (exact) mass is 237 g/mol. The Hall–Kier alpha value is -1.22. The second-order valence-electron chi connectivity index (χ2n) is 4.61. The van der Waals surface area contributed by atoms with Gasteiger partial charge in [-0.3, -0.25) is 0 Å². The summed E-state index contributed by atoms with van der Waals surface area (Å²) in [5.74, 6) is 0. The van der Waals surface area contributed by atoms with Crippen molar-refractivity contribution in [3.05, 3.63) is 41.0 Å². The summed E-state index contributed by atoms with van der Waals surface area (Å²) in [6.45, 7) is 2.93. The van der Waals surface area contributed by atoms with Gasteiger partial charge in [-0.25, -0.2) is 8.78 Å². The lowest BCUT2D eigenvalue weighted by molar-refractivity contribution is 0.151. The van der Waals surface area contributed by atoms with Gasteiger partial charge in [0.05, 0.1) is 0 Å². The third kappa shape index (κ3) is 3.93. The maximum absolute atomic E-state index is 12.4. The van der Waals surface area contributed by atoms with Gasteiger partial charge in [0, 0.05) is 18.2 Å². The quantitative estimate of drug-likeness (QED) is 0.821. The van der Waals surface area contributed by atoms with Crippen molar-refractivity contribution in [2.24, 2.45) is 0 Å². The number of hydrogen-bond acceptors (Lipinski definition) is 1. The molecule has 92 valence electrons. The van der Waals surface area contributed by atoms with Crippen LogP contribution >= 0.6 is 0 Å². The summed E-state index contributed by atoms with van der Waals surface area (Å²) in [5.41, 5.74) is 2.28. The minimum atomic E-state index is -2.38. The third-order valence-electron chi connectivity index (χ3n) is 2.85. The van der Waals surface area contributed by atoms with Gasteiger partial charge in [0.2, 0.25) is 0 Å². The van der Waals surface area contributed by atoms with Crippen molar-refractivity contribution in [3.8, 4) is 0 Å². The average molecular weight is 237 g/mol. The maximum Gasteiger partial charge on any atom is 0.263 e. The molecule has 0 bridgehead atoms. The Labute approximate surface area is 101 Å². The van der Waals surface area contributed by atoms with E-state index in [1.54, 1.807) is 12.1 Å². The summed E-state index contributed by atoms with van der Waals surface area (Å²) in [7, 11) is 0. The van der Waals surface area contributed by atoms with Crippen LogP contribution in [0.25, 0.3) is 6.08 Å². The largest absolute Gasteiger partial charge is 0.310 e. The molecule has 0 aromatic heterocycles. The van der Waals surface area contributed by atoms with E-state index in [0.29, 0.717) is 6.04 Å². The Morgan fingerprint density at radius 2 is 2.00 bits per heavy atom. The molecule has 0 radical (unpaired) electrons. The molecule has 0 spiro atoms. The van der Waals surface area contributed by atoms with Gasteiger partial charge < -0.3 is 5.32 Å². The Morgan fingerprint density at radius 3 is 2.53 bits per heavy atom. The highest BCUT2D eigenvalue weighted by atomic mass is 19.3. The van der Waals surface area contributed by atoms with Crippen LogP contribution in [0.3, 0.4) is 0 Å². The first-order valence-electron chi connectivity index (χ1n) is 5.94. The van der Waals surface area contributed by atoms with Crippen molar-refractivity contribution in [3.63, 3.8) is 0 Å². The maximum atomic E-state index is 12.4. The second kappa shape index (κ2) is 5.41. The van der Waals surface area contributed by atoms with Crippen LogP contribution in [0.4, 0.5) is 8.78 Å². The molecule has 1 aromatic rings. The van der Waals surface area contributed by atoms with Crippen molar-refractivity contribution in [2.75, 3.05) is 6.54 Å². The number of alkyl halides is 2. The van der Waals surface area contributed by atoms with Crippen LogP contribution in [0.15, 0.2) is 29.8 Å². The molecular formula is C14H17F2N. The molecule has 1 fully saturated rings. The van der Waals surface area contributed by atoms with Crippen LogP contribution < -0.4 is 5.32 Å². The molecule has 1 aliphatic rings. The molecule has 0 aliphatic heterocycles. The molecule has 1 nitrogen and oxygen atoms in total. The van der Waals surface area contributed by atoms with Gasteiger partial charge in [0.25, 0.3) is 6.43 Å². The lowest BCUT2D eigenvalue weighted by Crippen LogP contribution is -2.18. The molecule has 0 amide bonds. The van der Waals surface area contributed by atoms with Crippen molar-refractivity contribution >= 4 is 6.08 Å². The molecule has 0 atom stereocenters. The molecule has 17 heavy (non-hydrogen) atoms. The lowest BCUT2D eigenvalue weighted by Gasteiger charge is -2.04. The minimum Gasteiger partial charge on any atom is -0.310 e. The van der Waals surface area contributed by atoms with Crippen molar-refractivity contribution in [1.29, 1.82) is 0 Å². The number of hydrogen-bond donors (Lipinski definition) is 1. The summed E-state index contributed by atoms with van der Waals surface area (Å²) < 4.78 is 24.7. The van der Waals surface area contributed by atoms with Crippen LogP contribution in [0, 0.1) is 0 Å². The zero-order valence-electron chi connectivity index (χ0n) is 9.92. The summed E-state index contributed by atoms with van der Waals surface area (Å²) in [6.07, 6.45) is 2.20. The van der Waals surface area contributed by atoms with Crippen LogP contribution in [-0.2, 0) is 0 Å². The number of nitrogens with one attached hydrogen (secondary N) is 1. The number of rotatable bonds is 5. The summed E-state index contributed by atoms with van der Waals surface area (Å²) in [5, 5.41) is 3.42. The molecule has 3 heteroatoms. The fourth-order valence-electron chi connectivity index (χ4n) is 1.67. The third-order valence-corrected chi connectivity index (χ3v) is 2.85. The van der Waals surface area contributed by atoms with E-state index in [9.17, 15) is 8.78 Å². The smallest absolute Gasteiger partial charge is 0.263 e. The highest BCUT2D eigenvalue weighted by Crippen LogP contribution is 2.20. The molecule has 1 saturated carbocycles. The summed E-state index contributed by atoms with van der Waals surface area (Å²) >= 11 is 0. The van der Waals surface area contributed by atoms with Crippen molar-refractivity contribution < 1.29 is 8.78 Å². The first-order chi connectivity index (χ1) is 8.15. The van der Waals surface area contributed by atoms with E-state index in [1.807, 2.05) is 6.08 Å². The van der Waals surface area contributed by atoms with Gasteiger partial charge in [0.1, 0.15) is 0 Å². The molecular weight excluding hydrogens is 220 g/mol. The van der Waals surface area contributed by atoms with Crippen LogP contribution in [-0.4, -0.2) is 12.6 Å². The van der Waals surface area contributed by atoms with E-state index >= 15 is 0 Å². The highest BCUT2D eigenvalue weighted by Gasteiger charge is 2.19. The zero-order chi connectivity index (χ0) is 12.3. The Morgan fingerprint density at radius 1 is 1.35 bits per heavy atom. The first kappa shape index (κ1) is 12.2. The van der Waals surface area contributed by atoms with Crippen LogP contribution in [0.2, 0.25) is 0 Å². The van der Waals surface area contributed by atoms with Gasteiger partial charge in [-0.05, 0) is 25.3 Å². The Balaban J connectivity index is 1.93. The van der Waals surface area contributed by atoms with Crippen LogP contribution in [0.5, 0.6) is 0 Å². The summed E-state index contributed by atoms with van der Waals surface area (Å²) in [6, 6.07) is 7.14. The molecule has 0 unspecified atom stereocenters. The molecule has 1 N–H and O–H groups in total. The van der Waals surface area contributed by atoms with Crippen molar-refractivity contribution in [2.45, 2.75) is 32.2 Å². The normalized spacial score (nSPS) is 16.6. The predicted molar refractivity (Wildman–Crippen MR) is 66.1 cm³/mol. The van der Waals surface area contributed by atoms with Gasteiger partial charge in [-0.15, -0.1) is 0 Å². The summed E-state index contributed by atoms with van der Waals surface area (Å²) in [4.78, 5) is 0. The van der Waals surface area contributed by atoms with E-state index < -0.39 is 6.43 Å². The van der Waals surface area contributed by atoms with Gasteiger partial charge >= 0.3 is 0 Å². The number of benzene rings is 1. The topological polar surface area (TPSA) is 12.0 Å². The van der Waals surface area contributed by atoms with Gasteiger partial charge in [-0.1, -0.05) is 35.9 Å². The van der Waals surface area contributed by atoms with E-state index in [0.717, 1.165) is 12.1 Å². The van der Waals surface area contributed by atoms with Gasteiger partial charge in [0.15, 0.2) is 0 Å². The second-order valence-corrected chi connectivity index (χ2v) is 4.61. The molecule has 1 aliphatic carbocycles. The molecule has 2 rings (SSSR count). The Bertz CT molecular complexity index is 391. The molecule has 0 heterocycles. The van der Waals surface area contributed by atoms with E-state index in [2.05, 4.69) is 12.2 Å². The average Bonchev–Trinajstić information content (AvgIpc) is 3.11. The molecule has 1 aromatic carbocycles. The standard InChI is InChI=1S/C14H17F2N/c1-10(9-17-13-6-7-13)8-11-2-4-12(5-3-11)14(15)16/h2-5,8,13-14,17H,6-7,9H2,1H3/b10-8-. The lowest BCUT2D eigenvalue weighted by atomic mass is 10.1. The fourth-order valence-corrected chi connectivity index (χ4v) is 1.67. The van der Waals surface area contributed by atoms with Crippen LogP contribution in [0.1, 0.15) is 37.3 Å². The first-order valence-corrected chi connectivity index (χ1v) is 5.94. The zero-order valence-corrected chi connectivity index (χ0v) is 9.92. The predicted octanol–water partition coefficient (Wildman–Crippen LogP) is 3.78. The van der Waals surface area contributed by atoms with E-state index in [-0.39, 0.29) is 5.56 Å². The van der Waals surface area contributed by atoms with Gasteiger partial charge in [-0.2, -0.15) is 0 Å². The van der Waals surface area contributed by atoms with E-state index in [4.69, 9.17) is 0 Å². The number of halogens is 2. The SMILES string of the molecule is C/C(=C/c1ccc(C(F)F)cc1)CNC1CC1.